The zero-order valence-electron chi connectivity index (χ0n) is 15.0. The molecular formula is C19H9F3N2O6S. The standard InChI is InChI=1S/C10H4F3NO4S.C9H5NO2/c11-10(12,13)19(15,16)18-9-4-6(5-14)3-8-7(9)1-2-17-8;10-5-6-3-8(11)7-1-2-12-9(7)4-6/h1-4H;1-4,11H. The highest BCUT2D eigenvalue weighted by Gasteiger charge is 2.48. The Balaban J connectivity index is 0.000000194. The van der Waals surface area contributed by atoms with Crippen LogP contribution in [0.25, 0.3) is 21.9 Å². The van der Waals surface area contributed by atoms with E-state index in [2.05, 4.69) is 4.18 Å². The lowest BCUT2D eigenvalue weighted by Crippen LogP contribution is -2.28. The summed E-state index contributed by atoms with van der Waals surface area (Å²) in [5.74, 6) is -0.530. The molecule has 0 radical (unpaired) electrons. The fourth-order valence-corrected chi connectivity index (χ4v) is 2.92. The number of phenolic OH excluding ortho intramolecular Hbond substituents is 1. The second-order valence-corrected chi connectivity index (χ2v) is 7.38. The Morgan fingerprint density at radius 1 is 0.903 bits per heavy atom. The lowest BCUT2D eigenvalue weighted by molar-refractivity contribution is -0.0499. The summed E-state index contributed by atoms with van der Waals surface area (Å²) in [7, 11) is -5.80. The van der Waals surface area contributed by atoms with E-state index in [9.17, 15) is 26.7 Å². The van der Waals surface area contributed by atoms with Crippen LogP contribution >= 0.6 is 0 Å². The third kappa shape index (κ3) is 4.39. The van der Waals surface area contributed by atoms with Crippen molar-refractivity contribution in [1.29, 1.82) is 10.5 Å². The second kappa shape index (κ2) is 7.93. The largest absolute Gasteiger partial charge is 0.534 e. The van der Waals surface area contributed by atoms with Crippen LogP contribution in [-0.2, 0) is 10.1 Å². The second-order valence-electron chi connectivity index (χ2n) is 5.84. The molecule has 4 rings (SSSR count). The average Bonchev–Trinajstić information content (AvgIpc) is 3.36. The summed E-state index contributed by atoms with van der Waals surface area (Å²) in [4.78, 5) is 0. The maximum Gasteiger partial charge on any atom is 0.534 e. The van der Waals surface area contributed by atoms with Crippen LogP contribution in [0.3, 0.4) is 0 Å². The molecule has 0 amide bonds. The maximum absolute atomic E-state index is 12.2. The molecule has 0 spiro atoms. The number of furan rings is 2. The quantitative estimate of drug-likeness (QED) is 0.347. The van der Waals surface area contributed by atoms with Gasteiger partial charge in [-0.25, -0.2) is 0 Å². The highest BCUT2D eigenvalue weighted by Crippen LogP contribution is 2.33. The Labute approximate surface area is 172 Å². The minimum atomic E-state index is -5.80. The molecule has 12 heteroatoms. The number of nitrogens with zero attached hydrogens (tertiary/aromatic N) is 2. The average molecular weight is 450 g/mol. The van der Waals surface area contributed by atoms with Crippen molar-refractivity contribution in [2.24, 2.45) is 0 Å². The van der Waals surface area contributed by atoms with E-state index in [1.165, 1.54) is 24.5 Å². The van der Waals surface area contributed by atoms with Crippen molar-refractivity contribution < 1.29 is 39.7 Å². The van der Waals surface area contributed by atoms with Crippen LogP contribution < -0.4 is 4.18 Å². The lowest BCUT2D eigenvalue weighted by atomic mass is 10.2. The number of aromatic hydroxyl groups is 1. The van der Waals surface area contributed by atoms with Crippen LogP contribution in [0.1, 0.15) is 11.1 Å². The third-order valence-corrected chi connectivity index (χ3v) is 4.79. The molecule has 0 bridgehead atoms. The monoisotopic (exact) mass is 450 g/mol. The molecule has 0 saturated heterocycles. The summed E-state index contributed by atoms with van der Waals surface area (Å²) in [6.07, 6.45) is 2.62. The summed E-state index contributed by atoms with van der Waals surface area (Å²) in [6, 6.07) is 11.6. The van der Waals surface area contributed by atoms with Gasteiger partial charge in [-0.1, -0.05) is 0 Å². The fraction of sp³-hybridized carbons (Fsp3) is 0.0526. The third-order valence-electron chi connectivity index (χ3n) is 3.82. The van der Waals surface area contributed by atoms with E-state index in [0.717, 1.165) is 12.3 Å². The molecule has 8 nitrogen and oxygen atoms in total. The van der Waals surface area contributed by atoms with Gasteiger partial charge < -0.3 is 18.1 Å². The predicted octanol–water partition coefficient (Wildman–Crippen LogP) is 4.54. The minimum absolute atomic E-state index is 0.0202. The van der Waals surface area contributed by atoms with E-state index in [0.29, 0.717) is 16.5 Å². The number of rotatable bonds is 2. The van der Waals surface area contributed by atoms with E-state index in [1.807, 2.05) is 6.07 Å². The number of alkyl halides is 3. The van der Waals surface area contributed by atoms with Crippen LogP contribution in [0.4, 0.5) is 13.2 Å². The molecule has 4 aromatic rings. The molecule has 0 fully saturated rings. The van der Waals surface area contributed by atoms with E-state index in [1.54, 1.807) is 18.2 Å². The summed E-state index contributed by atoms with van der Waals surface area (Å²) in [5, 5.41) is 27.3. The first kappa shape index (κ1) is 21.5. The van der Waals surface area contributed by atoms with Crippen molar-refractivity contribution in [3.63, 3.8) is 0 Å². The van der Waals surface area contributed by atoms with Gasteiger partial charge in [0.15, 0.2) is 5.75 Å². The first-order valence-electron chi connectivity index (χ1n) is 8.08. The van der Waals surface area contributed by atoms with Crippen molar-refractivity contribution in [1.82, 2.24) is 0 Å². The normalized spacial score (nSPS) is 11.4. The highest BCUT2D eigenvalue weighted by molar-refractivity contribution is 7.88. The molecule has 0 aliphatic heterocycles. The van der Waals surface area contributed by atoms with Gasteiger partial charge in [0.2, 0.25) is 0 Å². The number of hydrogen-bond donors (Lipinski definition) is 1. The van der Waals surface area contributed by atoms with E-state index >= 15 is 0 Å². The smallest absolute Gasteiger partial charge is 0.507 e. The number of halogens is 3. The molecule has 0 unspecified atom stereocenters. The van der Waals surface area contributed by atoms with Gasteiger partial charge in [0, 0.05) is 6.07 Å². The SMILES string of the molecule is N#Cc1cc(O)c2ccoc2c1.N#Cc1cc(OS(=O)(=O)C(F)(F)F)c2ccoc2c1. The van der Waals surface area contributed by atoms with Crippen LogP contribution in [0.15, 0.2) is 57.8 Å². The van der Waals surface area contributed by atoms with E-state index in [4.69, 9.17) is 19.4 Å². The van der Waals surface area contributed by atoms with Crippen molar-refractivity contribution in [2.45, 2.75) is 5.51 Å². The first-order chi connectivity index (χ1) is 14.6. The lowest BCUT2D eigenvalue weighted by Gasteiger charge is -2.10. The van der Waals surface area contributed by atoms with Gasteiger partial charge >= 0.3 is 15.6 Å². The van der Waals surface area contributed by atoms with Gasteiger partial charge in [-0.15, -0.1) is 0 Å². The van der Waals surface area contributed by atoms with Gasteiger partial charge in [0.25, 0.3) is 0 Å². The molecular weight excluding hydrogens is 441 g/mol. The molecule has 2 heterocycles. The summed E-state index contributed by atoms with van der Waals surface area (Å²) >= 11 is 0. The molecule has 158 valence electrons. The summed E-state index contributed by atoms with van der Waals surface area (Å²) < 4.78 is 72.5. The zero-order chi connectivity index (χ0) is 22.8. The van der Waals surface area contributed by atoms with Gasteiger partial charge in [-0.05, 0) is 30.3 Å². The Morgan fingerprint density at radius 3 is 1.97 bits per heavy atom. The van der Waals surface area contributed by atoms with Gasteiger partial charge in [0.05, 0.1) is 46.6 Å². The van der Waals surface area contributed by atoms with Crippen molar-refractivity contribution >= 4 is 32.1 Å². The summed E-state index contributed by atoms with van der Waals surface area (Å²) in [6.45, 7) is 0. The van der Waals surface area contributed by atoms with E-state index in [-0.39, 0.29) is 22.3 Å². The number of benzene rings is 2. The minimum Gasteiger partial charge on any atom is -0.507 e. The number of fused-ring (bicyclic) bond motifs is 2. The van der Waals surface area contributed by atoms with Gasteiger partial charge in [0.1, 0.15) is 16.9 Å². The topological polar surface area (TPSA) is 137 Å². The summed E-state index contributed by atoms with van der Waals surface area (Å²) in [5.41, 5.74) is -4.66. The molecule has 31 heavy (non-hydrogen) atoms. The van der Waals surface area contributed by atoms with Crippen molar-refractivity contribution in [3.8, 4) is 23.6 Å². The molecule has 0 aliphatic rings. The molecule has 0 aliphatic carbocycles. The molecule has 1 N–H and O–H groups in total. The molecule has 0 atom stereocenters. The number of nitriles is 2. The van der Waals surface area contributed by atoms with Crippen LogP contribution in [0.5, 0.6) is 11.5 Å². The molecule has 2 aromatic heterocycles. The Bertz CT molecular complexity index is 1460. The first-order valence-corrected chi connectivity index (χ1v) is 9.49. The number of hydrogen-bond acceptors (Lipinski definition) is 8. The van der Waals surface area contributed by atoms with Crippen molar-refractivity contribution in [2.75, 3.05) is 0 Å². The molecule has 0 saturated carbocycles. The van der Waals surface area contributed by atoms with Crippen LogP contribution in [-0.4, -0.2) is 19.0 Å². The Kier molecular flexibility index (Phi) is 5.51. The fourth-order valence-electron chi connectivity index (χ4n) is 2.45. The molecule has 2 aromatic carbocycles. The van der Waals surface area contributed by atoms with Crippen LogP contribution in [0, 0.1) is 22.7 Å². The highest BCUT2D eigenvalue weighted by atomic mass is 32.2. The van der Waals surface area contributed by atoms with E-state index < -0.39 is 21.4 Å². The van der Waals surface area contributed by atoms with Crippen LogP contribution in [0.2, 0.25) is 0 Å². The Morgan fingerprint density at radius 2 is 1.42 bits per heavy atom. The van der Waals surface area contributed by atoms with Crippen molar-refractivity contribution in [3.05, 3.63) is 60.1 Å². The zero-order valence-corrected chi connectivity index (χ0v) is 15.9. The Hall–Kier alpha value is -4.16. The van der Waals surface area contributed by atoms with Gasteiger partial charge in [-0.2, -0.15) is 32.1 Å². The van der Waals surface area contributed by atoms with Gasteiger partial charge in [-0.3, -0.25) is 0 Å². The maximum atomic E-state index is 12.2. The number of phenols is 1. The predicted molar refractivity (Wildman–Crippen MR) is 99.1 cm³/mol.